The highest BCUT2D eigenvalue weighted by atomic mass is 31.2. The topological polar surface area (TPSA) is 237 Å². The van der Waals surface area contributed by atoms with Crippen LogP contribution in [0.1, 0.15) is 357 Å². The van der Waals surface area contributed by atoms with Crippen molar-refractivity contribution in [1.29, 1.82) is 0 Å². The molecule has 0 aromatic heterocycles. The van der Waals surface area contributed by atoms with Gasteiger partial charge in [-0.15, -0.1) is 0 Å². The van der Waals surface area contributed by atoms with Crippen molar-refractivity contribution in [3.05, 3.63) is 0 Å². The second-order valence-corrected chi connectivity index (χ2v) is 29.7. The van der Waals surface area contributed by atoms with Crippen molar-refractivity contribution < 1.29 is 80.2 Å². The molecule has 0 spiro atoms. The fourth-order valence-electron chi connectivity index (χ4n) is 10.7. The zero-order valence-corrected chi connectivity index (χ0v) is 60.4. The maximum atomic E-state index is 13.0. The van der Waals surface area contributed by atoms with Crippen molar-refractivity contribution in [2.75, 3.05) is 39.6 Å². The van der Waals surface area contributed by atoms with Gasteiger partial charge in [-0.05, 0) is 43.4 Å². The van der Waals surface area contributed by atoms with Crippen molar-refractivity contribution in [3.63, 3.8) is 0 Å². The number of hydrogen-bond acceptors (Lipinski definition) is 15. The van der Waals surface area contributed by atoms with E-state index in [1.807, 2.05) is 0 Å². The minimum atomic E-state index is -4.95. The lowest BCUT2D eigenvalue weighted by Crippen LogP contribution is -2.30. The number of phosphoric acid groups is 2. The van der Waals surface area contributed by atoms with Gasteiger partial charge in [0.05, 0.1) is 26.4 Å². The number of unbranched alkanes of at least 4 members (excludes halogenated alkanes) is 36. The predicted molar refractivity (Wildman–Crippen MR) is 363 cm³/mol. The van der Waals surface area contributed by atoms with Crippen molar-refractivity contribution in [2.24, 2.45) is 17.8 Å². The van der Waals surface area contributed by atoms with Crippen molar-refractivity contribution >= 4 is 39.5 Å². The van der Waals surface area contributed by atoms with Crippen LogP contribution in [0.4, 0.5) is 0 Å². The molecule has 6 atom stereocenters. The van der Waals surface area contributed by atoms with Crippen LogP contribution in [0, 0.1) is 17.8 Å². The van der Waals surface area contributed by atoms with Crippen LogP contribution >= 0.6 is 15.6 Å². The lowest BCUT2D eigenvalue weighted by Gasteiger charge is -2.21. The first-order chi connectivity index (χ1) is 43.3. The Labute approximate surface area is 549 Å². The molecular weight excluding hydrogens is 1190 g/mol. The van der Waals surface area contributed by atoms with Crippen LogP contribution in [-0.2, 0) is 65.4 Å². The van der Waals surface area contributed by atoms with E-state index < -0.39 is 97.5 Å². The molecule has 3 N–H and O–H groups in total. The summed E-state index contributed by atoms with van der Waals surface area (Å²) in [5.74, 6) is 0.102. The van der Waals surface area contributed by atoms with Crippen LogP contribution in [0.5, 0.6) is 0 Å². The second kappa shape index (κ2) is 61.9. The third-order valence-corrected chi connectivity index (χ3v) is 18.6. The Hall–Kier alpha value is -1.94. The monoisotopic (exact) mass is 1320 g/mol. The summed E-state index contributed by atoms with van der Waals surface area (Å²) >= 11 is 0. The minimum Gasteiger partial charge on any atom is -0.462 e. The van der Waals surface area contributed by atoms with E-state index >= 15 is 0 Å². The summed E-state index contributed by atoms with van der Waals surface area (Å²) in [7, 11) is -9.90. The van der Waals surface area contributed by atoms with Gasteiger partial charge in [0.15, 0.2) is 12.2 Å². The van der Waals surface area contributed by atoms with Crippen LogP contribution in [0.25, 0.3) is 0 Å². The summed E-state index contributed by atoms with van der Waals surface area (Å²) in [5, 5.41) is 10.6. The average Bonchev–Trinajstić information content (AvgIpc) is 3.66. The molecule has 0 bridgehead atoms. The molecule has 0 aromatic carbocycles. The Kier molecular flexibility index (Phi) is 60.6. The molecule has 0 heterocycles. The van der Waals surface area contributed by atoms with Gasteiger partial charge in [0.25, 0.3) is 0 Å². The Morgan fingerprint density at radius 1 is 0.322 bits per heavy atom. The summed E-state index contributed by atoms with van der Waals surface area (Å²) in [6.45, 7) is 11.8. The molecule has 0 radical (unpaired) electrons. The van der Waals surface area contributed by atoms with Gasteiger partial charge in [-0.1, -0.05) is 305 Å². The van der Waals surface area contributed by atoms with Crippen LogP contribution in [-0.4, -0.2) is 96.7 Å². The zero-order chi connectivity index (χ0) is 66.6. The van der Waals surface area contributed by atoms with Gasteiger partial charge in [0.1, 0.15) is 19.3 Å². The SMILES string of the molecule is CCCCCCCCCCCCCCC(=O)OC[C@H](COP(=O)(O)OC[C@@H](O)COP(=O)(O)OC[C@@H](COC(=O)CCCCCCCCC(C)CC)OC(=O)CCCCCCCCCC(C)C)OC(=O)CCCCCCCCCCCCCCCCCC(C)C. The van der Waals surface area contributed by atoms with E-state index in [1.54, 1.807) is 0 Å². The van der Waals surface area contributed by atoms with Crippen LogP contribution in [0.15, 0.2) is 0 Å². The molecule has 90 heavy (non-hydrogen) atoms. The fourth-order valence-corrected chi connectivity index (χ4v) is 12.3. The van der Waals surface area contributed by atoms with Gasteiger partial charge in [0.2, 0.25) is 0 Å². The number of aliphatic hydroxyl groups is 1. The molecule has 19 heteroatoms. The number of aliphatic hydroxyl groups excluding tert-OH is 1. The van der Waals surface area contributed by atoms with E-state index in [0.717, 1.165) is 108 Å². The Morgan fingerprint density at radius 3 is 0.844 bits per heavy atom. The second-order valence-electron chi connectivity index (χ2n) is 26.8. The van der Waals surface area contributed by atoms with E-state index in [4.69, 9.17) is 37.0 Å². The lowest BCUT2D eigenvalue weighted by atomic mass is 10.00. The highest BCUT2D eigenvalue weighted by molar-refractivity contribution is 7.47. The summed E-state index contributed by atoms with van der Waals surface area (Å²) in [5.41, 5.74) is 0. The van der Waals surface area contributed by atoms with E-state index in [2.05, 4.69) is 48.5 Å². The number of carbonyl (C=O) groups excluding carboxylic acids is 4. The molecular formula is C71H138O17P2. The number of rotatable bonds is 69. The Balaban J connectivity index is 5.22. The standard InChI is InChI=1S/C71H138O17P2/c1-8-10-11-12-13-14-15-22-25-30-38-45-52-68(73)81-58-66(87-70(75)54-47-40-31-26-23-20-18-16-17-19-21-24-28-35-42-49-62(3)4)60-85-89(77,78)83-56-65(72)57-84-90(79,80)86-61-67(88-71(76)55-48-41-32-27-29-36-43-50-63(5)6)59-82-69(74)53-46-39-34-33-37-44-51-64(7)9-2/h62-67,72H,8-61H2,1-7H3,(H,77,78)(H,79,80)/t64?,65-,66-,67-/m1/s1. The number of ether oxygens (including phenoxy) is 4. The molecule has 0 fully saturated rings. The first-order valence-corrected chi connectivity index (χ1v) is 39.9. The molecule has 0 aliphatic rings. The largest absolute Gasteiger partial charge is 0.472 e. The van der Waals surface area contributed by atoms with Crippen LogP contribution in [0.3, 0.4) is 0 Å². The van der Waals surface area contributed by atoms with Crippen molar-refractivity contribution in [1.82, 2.24) is 0 Å². The quantitative estimate of drug-likeness (QED) is 0.0222. The van der Waals surface area contributed by atoms with Gasteiger partial charge in [0, 0.05) is 25.7 Å². The van der Waals surface area contributed by atoms with Gasteiger partial charge >= 0.3 is 39.5 Å². The summed E-state index contributed by atoms with van der Waals surface area (Å²) < 4.78 is 68.3. The molecule has 0 saturated heterocycles. The molecule has 0 aromatic rings. The van der Waals surface area contributed by atoms with Crippen LogP contribution in [0.2, 0.25) is 0 Å². The Morgan fingerprint density at radius 2 is 0.567 bits per heavy atom. The summed E-state index contributed by atoms with van der Waals surface area (Å²) in [4.78, 5) is 72.5. The van der Waals surface area contributed by atoms with Crippen LogP contribution < -0.4 is 0 Å². The molecule has 0 amide bonds. The highest BCUT2D eigenvalue weighted by Crippen LogP contribution is 2.45. The predicted octanol–water partition coefficient (Wildman–Crippen LogP) is 20.2. The molecule has 0 aliphatic heterocycles. The van der Waals surface area contributed by atoms with Gasteiger partial charge in [-0.3, -0.25) is 37.3 Å². The maximum Gasteiger partial charge on any atom is 0.472 e. The zero-order valence-electron chi connectivity index (χ0n) is 58.6. The number of carbonyl (C=O) groups is 4. The minimum absolute atomic E-state index is 0.102. The molecule has 3 unspecified atom stereocenters. The lowest BCUT2D eigenvalue weighted by molar-refractivity contribution is -0.161. The fraction of sp³-hybridized carbons (Fsp3) is 0.944. The normalized spacial score (nSPS) is 14.5. The third kappa shape index (κ3) is 63.5. The van der Waals surface area contributed by atoms with E-state index in [1.165, 1.54) is 161 Å². The van der Waals surface area contributed by atoms with Gasteiger partial charge < -0.3 is 33.8 Å². The van der Waals surface area contributed by atoms with E-state index in [0.29, 0.717) is 31.6 Å². The summed E-state index contributed by atoms with van der Waals surface area (Å²) in [6.07, 6.45) is 45.9. The Bertz CT molecular complexity index is 1770. The first-order valence-electron chi connectivity index (χ1n) is 36.9. The molecule has 17 nitrogen and oxygen atoms in total. The van der Waals surface area contributed by atoms with Gasteiger partial charge in [-0.2, -0.15) is 0 Å². The number of phosphoric ester groups is 2. The van der Waals surface area contributed by atoms with E-state index in [9.17, 15) is 43.2 Å². The molecule has 0 rings (SSSR count). The summed E-state index contributed by atoms with van der Waals surface area (Å²) in [6, 6.07) is 0. The van der Waals surface area contributed by atoms with Crippen molar-refractivity contribution in [2.45, 2.75) is 375 Å². The number of hydrogen-bond donors (Lipinski definition) is 3. The molecule has 534 valence electrons. The third-order valence-electron chi connectivity index (χ3n) is 16.7. The molecule has 0 aliphatic carbocycles. The average molecular weight is 1330 g/mol. The smallest absolute Gasteiger partial charge is 0.462 e. The van der Waals surface area contributed by atoms with E-state index in [-0.39, 0.29) is 25.7 Å². The maximum absolute atomic E-state index is 13.0. The highest BCUT2D eigenvalue weighted by Gasteiger charge is 2.30. The molecule has 0 saturated carbocycles. The first kappa shape index (κ1) is 88.1. The van der Waals surface area contributed by atoms with Crippen molar-refractivity contribution in [3.8, 4) is 0 Å². The number of esters is 4. The van der Waals surface area contributed by atoms with Gasteiger partial charge in [-0.25, -0.2) is 9.13 Å².